The van der Waals surface area contributed by atoms with E-state index in [4.69, 9.17) is 4.74 Å². The summed E-state index contributed by atoms with van der Waals surface area (Å²) >= 11 is 0. The molecule has 1 saturated carbocycles. The summed E-state index contributed by atoms with van der Waals surface area (Å²) < 4.78 is 5.32. The lowest BCUT2D eigenvalue weighted by Gasteiger charge is -2.34. The van der Waals surface area contributed by atoms with Crippen LogP contribution in [-0.4, -0.2) is 60.5 Å². The number of rotatable bonds is 5. The average molecular weight is 416 g/mol. The predicted octanol–water partition coefficient (Wildman–Crippen LogP) is 3.51. The first-order valence-corrected chi connectivity index (χ1v) is 11.0. The molecular weight excluding hydrogens is 382 g/mol. The van der Waals surface area contributed by atoms with Crippen molar-refractivity contribution in [2.45, 2.75) is 51.5 Å². The second kappa shape index (κ2) is 10.5. The molecule has 3 rings (SSSR count). The molecule has 0 spiro atoms. The van der Waals surface area contributed by atoms with E-state index in [9.17, 15) is 14.4 Å². The van der Waals surface area contributed by atoms with Gasteiger partial charge in [-0.3, -0.25) is 9.59 Å². The number of para-hydroxylation sites is 1. The number of amides is 3. The Bertz CT molecular complexity index is 723. The van der Waals surface area contributed by atoms with Crippen molar-refractivity contribution in [2.24, 2.45) is 11.8 Å². The lowest BCUT2D eigenvalue weighted by Crippen LogP contribution is -2.44. The molecule has 0 atom stereocenters. The van der Waals surface area contributed by atoms with Gasteiger partial charge in [-0.05, 0) is 56.6 Å². The molecular formula is C23H33N3O4. The molecule has 1 saturated heterocycles. The van der Waals surface area contributed by atoms with Crippen molar-refractivity contribution in [2.75, 3.05) is 32.1 Å². The van der Waals surface area contributed by atoms with Crippen molar-refractivity contribution in [3.63, 3.8) is 0 Å². The van der Waals surface area contributed by atoms with E-state index >= 15 is 0 Å². The highest BCUT2D eigenvalue weighted by Gasteiger charge is 2.30. The second-order valence-electron chi connectivity index (χ2n) is 8.58. The second-order valence-corrected chi connectivity index (χ2v) is 8.58. The van der Waals surface area contributed by atoms with Crippen molar-refractivity contribution in [1.29, 1.82) is 0 Å². The number of benzene rings is 1. The van der Waals surface area contributed by atoms with Crippen LogP contribution in [0.3, 0.4) is 0 Å². The molecule has 1 aromatic carbocycles. The minimum Gasteiger partial charge on any atom is -0.455 e. The highest BCUT2D eigenvalue weighted by molar-refractivity contribution is 5.89. The van der Waals surface area contributed by atoms with Gasteiger partial charge in [-0.1, -0.05) is 25.1 Å². The third kappa shape index (κ3) is 5.97. The molecule has 0 radical (unpaired) electrons. The Balaban J connectivity index is 1.37. The van der Waals surface area contributed by atoms with Crippen LogP contribution in [-0.2, 0) is 14.3 Å². The Labute approximate surface area is 178 Å². The summed E-state index contributed by atoms with van der Waals surface area (Å²) in [5.41, 5.74) is 0.749. The number of nitrogens with zero attached hydrogens (tertiary/aromatic N) is 2. The molecule has 1 aliphatic carbocycles. The summed E-state index contributed by atoms with van der Waals surface area (Å²) in [5.74, 6) is -0.0117. The molecule has 1 N–H and O–H groups in total. The summed E-state index contributed by atoms with van der Waals surface area (Å²) in [5, 5.41) is 2.86. The number of carbonyl (C=O) groups excluding carboxylic acids is 3. The van der Waals surface area contributed by atoms with Crippen LogP contribution in [0.25, 0.3) is 0 Å². The fourth-order valence-corrected chi connectivity index (χ4v) is 4.23. The zero-order valence-electron chi connectivity index (χ0n) is 18.0. The van der Waals surface area contributed by atoms with E-state index in [0.29, 0.717) is 25.9 Å². The van der Waals surface area contributed by atoms with Crippen LogP contribution in [0.1, 0.15) is 45.4 Å². The standard InChI is InChI=1S/C23H33N3O4/c1-17-8-10-20(11-9-17)25(2)21(27)16-30-22(28)18-12-14-26(15-13-18)23(29)24-19-6-4-3-5-7-19/h3-7,17-18,20H,8-16H2,1-2H3,(H,24,29). The lowest BCUT2D eigenvalue weighted by atomic mass is 9.87. The summed E-state index contributed by atoms with van der Waals surface area (Å²) in [7, 11) is 1.81. The van der Waals surface area contributed by atoms with Crippen LogP contribution in [0.4, 0.5) is 10.5 Å². The molecule has 0 unspecified atom stereocenters. The van der Waals surface area contributed by atoms with Crippen molar-refractivity contribution in [3.05, 3.63) is 30.3 Å². The molecule has 3 amide bonds. The van der Waals surface area contributed by atoms with Crippen LogP contribution >= 0.6 is 0 Å². The quantitative estimate of drug-likeness (QED) is 0.747. The number of esters is 1. The third-order valence-corrected chi connectivity index (χ3v) is 6.40. The smallest absolute Gasteiger partial charge is 0.321 e. The van der Waals surface area contributed by atoms with Gasteiger partial charge in [-0.25, -0.2) is 4.79 Å². The Morgan fingerprint density at radius 2 is 1.67 bits per heavy atom. The first-order chi connectivity index (χ1) is 14.4. The van der Waals surface area contributed by atoms with Gasteiger partial charge in [0, 0.05) is 31.9 Å². The van der Waals surface area contributed by atoms with Gasteiger partial charge in [0.25, 0.3) is 5.91 Å². The number of likely N-dealkylation sites (tertiary alicyclic amines) is 1. The van der Waals surface area contributed by atoms with Crippen LogP contribution in [0.5, 0.6) is 0 Å². The zero-order chi connectivity index (χ0) is 21.5. The molecule has 0 aromatic heterocycles. The minimum atomic E-state index is -0.336. The largest absolute Gasteiger partial charge is 0.455 e. The fourth-order valence-electron chi connectivity index (χ4n) is 4.23. The molecule has 2 aliphatic rings. The van der Waals surface area contributed by atoms with E-state index in [-0.39, 0.29) is 36.5 Å². The summed E-state index contributed by atoms with van der Waals surface area (Å²) in [6.45, 7) is 3.03. The highest BCUT2D eigenvalue weighted by Crippen LogP contribution is 2.26. The number of carbonyl (C=O) groups is 3. The molecule has 1 heterocycles. The van der Waals surface area contributed by atoms with Gasteiger partial charge >= 0.3 is 12.0 Å². The molecule has 30 heavy (non-hydrogen) atoms. The molecule has 2 fully saturated rings. The van der Waals surface area contributed by atoms with Crippen LogP contribution < -0.4 is 5.32 Å². The first kappa shape index (κ1) is 22.1. The van der Waals surface area contributed by atoms with Gasteiger partial charge in [0.2, 0.25) is 0 Å². The van der Waals surface area contributed by atoms with Crippen LogP contribution in [0.15, 0.2) is 30.3 Å². The number of piperidine rings is 1. The Hall–Kier alpha value is -2.57. The van der Waals surface area contributed by atoms with E-state index in [1.807, 2.05) is 30.3 Å². The van der Waals surface area contributed by atoms with Crippen LogP contribution in [0.2, 0.25) is 0 Å². The minimum absolute atomic E-state index is 0.137. The number of hydrogen-bond donors (Lipinski definition) is 1. The SMILES string of the molecule is CC1CCC(N(C)C(=O)COC(=O)C2CCN(C(=O)Nc3ccccc3)CC2)CC1. The summed E-state index contributed by atoms with van der Waals surface area (Å²) in [4.78, 5) is 40.6. The van der Waals surface area contributed by atoms with Crippen molar-refractivity contribution in [3.8, 4) is 0 Å². The van der Waals surface area contributed by atoms with Gasteiger partial charge < -0.3 is 19.9 Å². The molecule has 1 aliphatic heterocycles. The van der Waals surface area contributed by atoms with E-state index in [2.05, 4.69) is 12.2 Å². The predicted molar refractivity (Wildman–Crippen MR) is 115 cm³/mol. The lowest BCUT2D eigenvalue weighted by molar-refractivity contribution is -0.157. The first-order valence-electron chi connectivity index (χ1n) is 11.0. The van der Waals surface area contributed by atoms with Crippen molar-refractivity contribution >= 4 is 23.6 Å². The monoisotopic (exact) mass is 415 g/mol. The normalized spacial score (nSPS) is 22.3. The zero-order valence-corrected chi connectivity index (χ0v) is 18.0. The summed E-state index contributed by atoms with van der Waals surface area (Å²) in [6, 6.07) is 9.39. The van der Waals surface area contributed by atoms with Crippen molar-refractivity contribution in [1.82, 2.24) is 9.80 Å². The van der Waals surface area contributed by atoms with E-state index in [0.717, 1.165) is 37.3 Å². The molecule has 164 valence electrons. The maximum atomic E-state index is 12.4. The Morgan fingerprint density at radius 1 is 1.03 bits per heavy atom. The van der Waals surface area contributed by atoms with E-state index < -0.39 is 0 Å². The van der Waals surface area contributed by atoms with Gasteiger partial charge in [-0.15, -0.1) is 0 Å². The molecule has 0 bridgehead atoms. The number of urea groups is 1. The number of likely N-dealkylation sites (N-methyl/N-ethyl adjacent to an activating group) is 1. The van der Waals surface area contributed by atoms with Gasteiger partial charge in [0.15, 0.2) is 6.61 Å². The number of ether oxygens (including phenoxy) is 1. The maximum absolute atomic E-state index is 12.4. The number of nitrogens with one attached hydrogen (secondary N) is 1. The summed E-state index contributed by atoms with van der Waals surface area (Å²) in [6.07, 6.45) is 5.40. The molecule has 7 heteroatoms. The third-order valence-electron chi connectivity index (χ3n) is 6.40. The molecule has 7 nitrogen and oxygen atoms in total. The Morgan fingerprint density at radius 3 is 2.30 bits per heavy atom. The topological polar surface area (TPSA) is 79.0 Å². The highest BCUT2D eigenvalue weighted by atomic mass is 16.5. The Kier molecular flexibility index (Phi) is 7.71. The molecule has 1 aromatic rings. The fraction of sp³-hybridized carbons (Fsp3) is 0.609. The van der Waals surface area contributed by atoms with Gasteiger partial charge in [0.1, 0.15) is 0 Å². The van der Waals surface area contributed by atoms with E-state index in [1.165, 1.54) is 0 Å². The van der Waals surface area contributed by atoms with Crippen molar-refractivity contribution < 1.29 is 19.1 Å². The van der Waals surface area contributed by atoms with Gasteiger partial charge in [-0.2, -0.15) is 0 Å². The number of hydrogen-bond acceptors (Lipinski definition) is 4. The van der Waals surface area contributed by atoms with Gasteiger partial charge in [0.05, 0.1) is 5.92 Å². The average Bonchev–Trinajstić information content (AvgIpc) is 2.78. The van der Waals surface area contributed by atoms with Crippen LogP contribution in [0, 0.1) is 11.8 Å². The maximum Gasteiger partial charge on any atom is 0.321 e. The number of anilines is 1. The van der Waals surface area contributed by atoms with E-state index in [1.54, 1.807) is 16.8 Å².